The molecule has 121 heavy (non-hydrogen) atoms. The van der Waals surface area contributed by atoms with Gasteiger partial charge in [-0.15, -0.1) is 11.3 Å². The molecule has 0 saturated carbocycles. The maximum absolute atomic E-state index is 7.29. The van der Waals surface area contributed by atoms with E-state index in [2.05, 4.69) is 422 Å². The number of allylic oxidation sites excluding steroid dienone is 1. The van der Waals surface area contributed by atoms with Gasteiger partial charge >= 0.3 is 0 Å². The number of para-hydroxylation sites is 6. The second-order valence-electron chi connectivity index (χ2n) is 31.8. The lowest BCUT2D eigenvalue weighted by molar-refractivity contribution is 0.647. The molecular formula is C109H70B4N2O4S2. The fourth-order valence-electron chi connectivity index (χ4n) is 19.7. The summed E-state index contributed by atoms with van der Waals surface area (Å²) < 4.78 is 30.0. The van der Waals surface area contributed by atoms with Gasteiger partial charge in [0, 0.05) is 64.2 Å². The summed E-state index contributed by atoms with van der Waals surface area (Å²) in [6, 6.07) is 142. The number of fused-ring (bicyclic) bond motifs is 17. The van der Waals surface area contributed by atoms with Crippen LogP contribution in [0.5, 0.6) is 0 Å². The SMILES string of the molecule is C1=Cc2cc3c4c(oc3cc2C1)B(c1ccc(-c2ccccc2)c(-c2ccccc2)c1)c1c(oc2ccccc12)B4c1ccc(N2c3ccccc3Sc3ccccc32)cc1.c1ccc(-c2ccccc2-c2ccc(B3c4oc5ccc6sccc6c5c4B(c4ccc(N(c5ccccc5)c5ccccc5)cc4)c4oc5ccccc5c43)cc2)cc1. The van der Waals surface area contributed by atoms with Gasteiger partial charge in [-0.3, -0.25) is 0 Å². The normalized spacial score (nSPS) is 12.9. The monoisotopic (exact) mass is 1580 g/mol. The lowest BCUT2D eigenvalue weighted by atomic mass is 9.24. The van der Waals surface area contributed by atoms with E-state index in [0.717, 1.165) is 101 Å². The molecule has 0 atom stereocenters. The van der Waals surface area contributed by atoms with E-state index in [-0.39, 0.29) is 26.9 Å². The van der Waals surface area contributed by atoms with Gasteiger partial charge < -0.3 is 27.5 Å². The number of hydrogen-bond donors (Lipinski definition) is 0. The van der Waals surface area contributed by atoms with Gasteiger partial charge in [-0.1, -0.05) is 325 Å². The molecule has 4 aliphatic rings. The minimum absolute atomic E-state index is 0.180. The van der Waals surface area contributed by atoms with Crippen LogP contribution in [-0.2, 0) is 6.42 Å². The molecule has 6 nitrogen and oxygen atoms in total. The molecule has 1 aliphatic carbocycles. The summed E-state index contributed by atoms with van der Waals surface area (Å²) in [6.07, 6.45) is 5.42. The van der Waals surface area contributed by atoms with Crippen LogP contribution in [0.3, 0.4) is 0 Å². The Hall–Kier alpha value is -14.4. The van der Waals surface area contributed by atoms with Gasteiger partial charge in [0.1, 0.15) is 22.3 Å². The zero-order valence-corrected chi connectivity index (χ0v) is 67.3. The van der Waals surface area contributed by atoms with Gasteiger partial charge in [0.25, 0.3) is 26.9 Å². The second kappa shape index (κ2) is 29.3. The summed E-state index contributed by atoms with van der Waals surface area (Å²) in [7, 11) is 0. The van der Waals surface area contributed by atoms with Crippen molar-refractivity contribution in [3.8, 4) is 44.5 Å². The molecule has 12 heteroatoms. The molecule has 564 valence electrons. The third kappa shape index (κ3) is 11.9. The Morgan fingerprint density at radius 3 is 1.31 bits per heavy atom. The maximum atomic E-state index is 7.29. The molecule has 0 spiro atoms. The predicted molar refractivity (Wildman–Crippen MR) is 513 cm³/mol. The summed E-state index contributed by atoms with van der Waals surface area (Å²) >= 11 is 3.60. The highest BCUT2D eigenvalue weighted by Gasteiger charge is 2.49. The molecule has 8 heterocycles. The molecule has 0 amide bonds. The summed E-state index contributed by atoms with van der Waals surface area (Å²) in [6.45, 7) is -0.771. The Bertz CT molecular complexity index is 7530. The van der Waals surface area contributed by atoms with Crippen LogP contribution in [0, 0.1) is 0 Å². The third-order valence-corrected chi connectivity index (χ3v) is 27.1. The maximum Gasteiger partial charge on any atom is 0.290 e. The van der Waals surface area contributed by atoms with Gasteiger partial charge in [0.15, 0.2) is 0 Å². The number of rotatable bonds is 12. The van der Waals surface area contributed by atoms with Crippen LogP contribution < -0.4 is 76.1 Å². The van der Waals surface area contributed by atoms with Crippen molar-refractivity contribution in [2.24, 2.45) is 0 Å². The summed E-state index contributed by atoms with van der Waals surface area (Å²) in [5, 5.41) is 7.95. The van der Waals surface area contributed by atoms with E-state index in [1.54, 1.807) is 11.3 Å². The van der Waals surface area contributed by atoms with Crippen molar-refractivity contribution in [3.05, 3.63) is 417 Å². The van der Waals surface area contributed by atoms with Crippen LogP contribution in [0.4, 0.5) is 34.1 Å². The largest absolute Gasteiger partial charge is 0.471 e. The van der Waals surface area contributed by atoms with E-state index in [1.165, 1.54) is 125 Å². The molecule has 0 bridgehead atoms. The number of furan rings is 4. The molecule has 0 unspecified atom stereocenters. The highest BCUT2D eigenvalue weighted by Crippen LogP contribution is 2.51. The first-order valence-electron chi connectivity index (χ1n) is 41.5. The lowest BCUT2D eigenvalue weighted by Crippen LogP contribution is -2.73. The molecule has 25 rings (SSSR count). The molecule has 5 aromatic heterocycles. The van der Waals surface area contributed by atoms with Crippen molar-refractivity contribution in [2.45, 2.75) is 16.2 Å². The van der Waals surface area contributed by atoms with Crippen molar-refractivity contribution in [3.63, 3.8) is 0 Å². The summed E-state index contributed by atoms with van der Waals surface area (Å²) in [5.41, 5.74) is 35.8. The zero-order chi connectivity index (χ0) is 79.6. The molecule has 0 saturated heterocycles. The topological polar surface area (TPSA) is 59.0 Å². The molecule has 0 fully saturated rings. The van der Waals surface area contributed by atoms with Crippen molar-refractivity contribution in [1.82, 2.24) is 0 Å². The Kier molecular flexibility index (Phi) is 17.1. The number of benzene rings is 16. The minimum Gasteiger partial charge on any atom is -0.471 e. The third-order valence-electron chi connectivity index (χ3n) is 25.1. The first-order valence-corrected chi connectivity index (χ1v) is 43.2. The molecule has 16 aromatic carbocycles. The molecular weight excluding hydrogens is 1510 g/mol. The van der Waals surface area contributed by atoms with Crippen molar-refractivity contribution >= 4 is 210 Å². The Morgan fingerprint density at radius 2 is 0.727 bits per heavy atom. The standard InChI is InChI=1S/C55H35B2NO2S.C54H35B2NO2S/c1-3-14-35(15-4-1)42-31-28-40(34-44(42)36-16-5-2-6-17-36)57-52-43-20-7-10-23-48(43)59-54(52)56(53-45-32-37-18-13-19-38(37)33-49(45)60-55(53)57)39-26-29-41(30-27-39)58-46-21-8-11-24-50(46)61-51-25-12-9-22-47(51)58;1-4-14-36(15-5-1)43-20-10-11-21-44(43)37-24-26-38(27-25-37)55-51-45-22-12-13-23-47(45)58-53(51)56(52-50-46-34-35-60-49(46)33-32-48(50)59-54(52)55)39-28-30-42(31-29-39)57(40-16-6-2-7-17-40)41-18-8-3-9-19-41/h1-18,20-34H,19H2;1-35H. The van der Waals surface area contributed by atoms with E-state index in [9.17, 15) is 0 Å². The Morgan fingerprint density at radius 1 is 0.298 bits per heavy atom. The van der Waals surface area contributed by atoms with E-state index in [0.29, 0.717) is 0 Å². The van der Waals surface area contributed by atoms with E-state index in [4.69, 9.17) is 17.7 Å². The second-order valence-corrected chi connectivity index (χ2v) is 33.8. The molecule has 0 N–H and O–H groups in total. The van der Waals surface area contributed by atoms with E-state index in [1.807, 2.05) is 11.8 Å². The Balaban J connectivity index is 0.000000137. The average Bonchev–Trinajstić information content (AvgIpc) is 1.55. The predicted octanol–water partition coefficient (Wildman–Crippen LogP) is 20.9. The van der Waals surface area contributed by atoms with Crippen molar-refractivity contribution in [1.29, 1.82) is 0 Å². The summed E-state index contributed by atoms with van der Waals surface area (Å²) in [5.74, 6) is 0. The quantitative estimate of drug-likeness (QED) is 0.113. The van der Waals surface area contributed by atoms with Crippen LogP contribution in [0.1, 0.15) is 11.1 Å². The molecule has 3 aliphatic heterocycles. The van der Waals surface area contributed by atoms with Gasteiger partial charge in [0.2, 0.25) is 0 Å². The van der Waals surface area contributed by atoms with E-state index < -0.39 is 0 Å². The average molecular weight is 1580 g/mol. The van der Waals surface area contributed by atoms with Crippen molar-refractivity contribution < 1.29 is 17.7 Å². The van der Waals surface area contributed by atoms with Gasteiger partial charge in [0.05, 0.1) is 34.0 Å². The smallest absolute Gasteiger partial charge is 0.290 e. The van der Waals surface area contributed by atoms with E-state index >= 15 is 0 Å². The van der Waals surface area contributed by atoms with Crippen LogP contribution in [0.25, 0.3) is 105 Å². The van der Waals surface area contributed by atoms with Crippen LogP contribution in [0.2, 0.25) is 0 Å². The molecule has 21 aromatic rings. The highest BCUT2D eigenvalue weighted by atomic mass is 32.2. The van der Waals surface area contributed by atoms with Gasteiger partial charge in [-0.25, -0.2) is 0 Å². The fraction of sp³-hybridized carbons (Fsp3) is 0.00917. The number of thiophene rings is 1. The number of hydrogen-bond acceptors (Lipinski definition) is 8. The number of nitrogens with zero attached hydrogens (tertiary/aromatic N) is 2. The lowest BCUT2D eigenvalue weighted by Gasteiger charge is -2.33. The fourth-order valence-corrected chi connectivity index (χ4v) is 21.6. The van der Waals surface area contributed by atoms with Crippen LogP contribution in [0.15, 0.2) is 433 Å². The van der Waals surface area contributed by atoms with Crippen LogP contribution in [-0.4, -0.2) is 26.9 Å². The first kappa shape index (κ1) is 70.8. The summed E-state index contributed by atoms with van der Waals surface area (Å²) in [4.78, 5) is 7.20. The first-order chi connectivity index (χ1) is 60.0. The van der Waals surface area contributed by atoms with Crippen LogP contribution >= 0.6 is 23.1 Å². The number of anilines is 6. The van der Waals surface area contributed by atoms with Crippen molar-refractivity contribution in [2.75, 3.05) is 9.80 Å². The molecule has 0 radical (unpaired) electrons. The highest BCUT2D eigenvalue weighted by molar-refractivity contribution is 7.99. The van der Waals surface area contributed by atoms with Gasteiger partial charge in [-0.2, -0.15) is 0 Å². The zero-order valence-electron chi connectivity index (χ0n) is 65.6. The Labute approximate surface area is 710 Å². The van der Waals surface area contributed by atoms with Gasteiger partial charge in [-0.05, 0) is 205 Å². The minimum atomic E-state index is -0.201.